The Balaban J connectivity index is 1.25. The molecule has 292 valence electrons. The quantitative estimate of drug-likeness (QED) is 0.167. The van der Waals surface area contributed by atoms with Crippen molar-refractivity contribution in [2.75, 3.05) is 9.80 Å². The lowest BCUT2D eigenvalue weighted by Crippen LogP contribution is -2.61. The summed E-state index contributed by atoms with van der Waals surface area (Å²) in [5, 5.41) is 2.29. The largest absolute Gasteiger partial charge is 0.456 e. The molecule has 59 heavy (non-hydrogen) atoms. The molecule has 0 N–H and O–H groups in total. The number of fused-ring (bicyclic) bond motifs is 7. The van der Waals surface area contributed by atoms with Crippen molar-refractivity contribution in [3.63, 3.8) is 0 Å². The van der Waals surface area contributed by atoms with Gasteiger partial charge in [0.05, 0.1) is 0 Å². The van der Waals surface area contributed by atoms with Crippen molar-refractivity contribution in [1.29, 1.82) is 0 Å². The molecule has 0 saturated carbocycles. The highest BCUT2D eigenvalue weighted by molar-refractivity contribution is 7.00. The molecule has 0 spiro atoms. The highest BCUT2D eigenvalue weighted by atomic mass is 16.3. The van der Waals surface area contributed by atoms with Crippen LogP contribution >= 0.6 is 0 Å². The highest BCUT2D eigenvalue weighted by Crippen LogP contribution is 2.47. The van der Waals surface area contributed by atoms with Crippen molar-refractivity contribution in [2.24, 2.45) is 0 Å². The van der Waals surface area contributed by atoms with E-state index in [1.165, 1.54) is 72.6 Å². The molecule has 0 radical (unpaired) electrons. The minimum absolute atomic E-state index is 0.00893. The van der Waals surface area contributed by atoms with Gasteiger partial charge < -0.3 is 14.2 Å². The van der Waals surface area contributed by atoms with Crippen molar-refractivity contribution in [2.45, 2.75) is 85.5 Å². The molecule has 0 bridgehead atoms. The molecule has 2 aliphatic rings. The summed E-state index contributed by atoms with van der Waals surface area (Å²) >= 11 is 0. The Morgan fingerprint density at radius 3 is 1.61 bits per heavy atom. The molecule has 0 fully saturated rings. The van der Waals surface area contributed by atoms with E-state index >= 15 is 0 Å². The van der Waals surface area contributed by atoms with Gasteiger partial charge in [-0.3, -0.25) is 0 Å². The van der Waals surface area contributed by atoms with Crippen LogP contribution in [0, 0.1) is 6.92 Å². The number of para-hydroxylation sites is 1. The lowest BCUT2D eigenvalue weighted by Gasteiger charge is -2.45. The normalized spacial score (nSPS) is 13.8. The van der Waals surface area contributed by atoms with Crippen LogP contribution in [0.25, 0.3) is 33.1 Å². The van der Waals surface area contributed by atoms with Crippen LogP contribution in [-0.2, 0) is 16.2 Å². The Morgan fingerprint density at radius 2 is 1.00 bits per heavy atom. The molecule has 0 atom stereocenters. The van der Waals surface area contributed by atoms with Crippen LogP contribution in [0.5, 0.6) is 0 Å². The first kappa shape index (κ1) is 37.3. The molecule has 0 saturated heterocycles. The molecule has 0 unspecified atom stereocenters. The van der Waals surface area contributed by atoms with Crippen LogP contribution in [0.15, 0.2) is 144 Å². The third-order valence-corrected chi connectivity index (χ3v) is 12.8. The molecule has 0 amide bonds. The van der Waals surface area contributed by atoms with Crippen molar-refractivity contribution in [3.05, 3.63) is 162 Å². The average Bonchev–Trinajstić information content (AvgIpc) is 3.58. The fourth-order valence-electron chi connectivity index (χ4n) is 9.57. The van der Waals surface area contributed by atoms with Gasteiger partial charge in [-0.1, -0.05) is 141 Å². The Labute approximate surface area is 350 Å². The number of benzene rings is 7. The van der Waals surface area contributed by atoms with Gasteiger partial charge in [0.2, 0.25) is 0 Å². The third kappa shape index (κ3) is 6.02. The number of hydrogen-bond acceptors (Lipinski definition) is 3. The second-order valence-electron chi connectivity index (χ2n) is 20.0. The average molecular weight is 769 g/mol. The van der Waals surface area contributed by atoms with Gasteiger partial charge in [0, 0.05) is 44.9 Å². The number of hydrogen-bond donors (Lipinski definition) is 0. The maximum absolute atomic E-state index is 6.36. The molecular formula is C55H53BN2O. The third-order valence-electron chi connectivity index (χ3n) is 12.8. The monoisotopic (exact) mass is 768 g/mol. The highest BCUT2D eigenvalue weighted by Gasteiger charge is 2.44. The minimum atomic E-state index is -0.0200. The summed E-state index contributed by atoms with van der Waals surface area (Å²) in [7, 11) is 0. The molecule has 10 rings (SSSR count). The van der Waals surface area contributed by atoms with E-state index in [1.54, 1.807) is 0 Å². The first-order chi connectivity index (χ1) is 28.1. The maximum atomic E-state index is 6.36. The zero-order valence-electron chi connectivity index (χ0n) is 36.2. The van der Waals surface area contributed by atoms with Gasteiger partial charge in [-0.15, -0.1) is 0 Å². The first-order valence-corrected chi connectivity index (χ1v) is 21.2. The summed E-state index contributed by atoms with van der Waals surface area (Å²) in [6.45, 7) is 23.2. The van der Waals surface area contributed by atoms with Gasteiger partial charge in [-0.05, 0) is 134 Å². The van der Waals surface area contributed by atoms with E-state index in [9.17, 15) is 0 Å². The molecule has 0 aliphatic carbocycles. The maximum Gasteiger partial charge on any atom is 0.252 e. The number of anilines is 6. The number of rotatable bonds is 3. The van der Waals surface area contributed by atoms with Crippen LogP contribution in [0.3, 0.4) is 0 Å². The molecule has 8 aromatic rings. The van der Waals surface area contributed by atoms with E-state index < -0.39 is 0 Å². The summed E-state index contributed by atoms with van der Waals surface area (Å²) in [6.07, 6.45) is 0. The van der Waals surface area contributed by atoms with Crippen LogP contribution < -0.4 is 26.2 Å². The second-order valence-corrected chi connectivity index (χ2v) is 20.0. The van der Waals surface area contributed by atoms with Crippen molar-refractivity contribution >= 4 is 79.2 Å². The number of nitrogens with zero attached hydrogens (tertiary/aromatic N) is 2. The smallest absolute Gasteiger partial charge is 0.252 e. The number of furan rings is 1. The fourth-order valence-corrected chi connectivity index (χ4v) is 9.57. The zero-order valence-corrected chi connectivity index (χ0v) is 36.2. The van der Waals surface area contributed by atoms with Crippen molar-refractivity contribution in [1.82, 2.24) is 0 Å². The van der Waals surface area contributed by atoms with Gasteiger partial charge in [0.25, 0.3) is 6.71 Å². The number of aryl methyl sites for hydroxylation is 1. The molecule has 3 nitrogen and oxygen atoms in total. The fraction of sp³-hybridized carbons (Fsp3) is 0.236. The van der Waals surface area contributed by atoms with Gasteiger partial charge in [0.15, 0.2) is 0 Å². The summed E-state index contributed by atoms with van der Waals surface area (Å²) in [5.41, 5.74) is 20.8. The summed E-state index contributed by atoms with van der Waals surface area (Å²) in [4.78, 5) is 5.08. The van der Waals surface area contributed by atoms with E-state index in [2.05, 4.69) is 212 Å². The van der Waals surface area contributed by atoms with Crippen LogP contribution in [-0.4, -0.2) is 6.71 Å². The SMILES string of the molecule is Cc1cc2c3c(c1)N(c1cccc(-c4cccc5oc6ccccc6c45)c1)c1ccc(C(C)(C)C)cc1B3c1cc(C(C)(C)C)ccc1N2c1ccc(C(C)(C)C)cc1. The molecule has 3 heterocycles. The predicted molar refractivity (Wildman–Crippen MR) is 254 cm³/mol. The summed E-state index contributed by atoms with van der Waals surface area (Å²) in [6, 6.07) is 52.6. The molecule has 4 heteroatoms. The van der Waals surface area contributed by atoms with E-state index in [4.69, 9.17) is 4.42 Å². The minimum Gasteiger partial charge on any atom is -0.456 e. The lowest BCUT2D eigenvalue weighted by molar-refractivity contribution is 0.590. The zero-order chi connectivity index (χ0) is 41.2. The van der Waals surface area contributed by atoms with Crippen molar-refractivity contribution < 1.29 is 4.42 Å². The lowest BCUT2D eigenvalue weighted by atomic mass is 9.33. The standard InChI is InChI=1S/C55H53BN2O/c1-34-29-47-52-48(30-34)58(40-16-13-15-35(31-40)41-18-14-20-50-51(41)42-17-11-12-19-49(42)59-50)46-28-24-38(55(8,9)10)33-44(46)56(52)43-32-37(54(5,6)7)23-27-45(43)57(47)39-25-21-36(22-26-39)53(2,3)4/h11-33H,1-10H3. The van der Waals surface area contributed by atoms with E-state index in [1.807, 2.05) is 6.07 Å². The molecule has 2 aliphatic heterocycles. The van der Waals surface area contributed by atoms with Gasteiger partial charge in [-0.2, -0.15) is 0 Å². The topological polar surface area (TPSA) is 19.6 Å². The van der Waals surface area contributed by atoms with Gasteiger partial charge >= 0.3 is 0 Å². The first-order valence-electron chi connectivity index (χ1n) is 21.2. The van der Waals surface area contributed by atoms with E-state index in [0.717, 1.165) is 33.2 Å². The molecule has 1 aromatic heterocycles. The van der Waals surface area contributed by atoms with Crippen LogP contribution in [0.4, 0.5) is 34.1 Å². The molecular weight excluding hydrogens is 715 g/mol. The Hall–Kier alpha value is -6.00. The van der Waals surface area contributed by atoms with Crippen LogP contribution in [0.2, 0.25) is 0 Å². The predicted octanol–water partition coefficient (Wildman–Crippen LogP) is 13.5. The van der Waals surface area contributed by atoms with Gasteiger partial charge in [-0.25, -0.2) is 0 Å². The van der Waals surface area contributed by atoms with E-state index in [-0.39, 0.29) is 23.0 Å². The Bertz CT molecular complexity index is 2970. The summed E-state index contributed by atoms with van der Waals surface area (Å²) < 4.78 is 6.36. The van der Waals surface area contributed by atoms with E-state index in [0.29, 0.717) is 0 Å². The Morgan fingerprint density at radius 1 is 0.458 bits per heavy atom. The summed E-state index contributed by atoms with van der Waals surface area (Å²) in [5.74, 6) is 0. The Kier molecular flexibility index (Phi) is 8.22. The van der Waals surface area contributed by atoms with Crippen LogP contribution in [0.1, 0.15) is 84.6 Å². The van der Waals surface area contributed by atoms with Gasteiger partial charge in [0.1, 0.15) is 11.2 Å². The molecule has 7 aromatic carbocycles. The second kappa shape index (κ2) is 13.0. The van der Waals surface area contributed by atoms with Crippen molar-refractivity contribution in [3.8, 4) is 11.1 Å².